The van der Waals surface area contributed by atoms with E-state index in [2.05, 4.69) is 19.7 Å². The number of oxazole rings is 1. The quantitative estimate of drug-likeness (QED) is 0.911. The number of nitrogens with one attached hydrogen (secondary N) is 1. The molecule has 2 aromatic rings. The molecular weight excluding hydrogens is 263 g/mol. The van der Waals surface area contributed by atoms with Crippen LogP contribution in [0.5, 0.6) is 0 Å². The Morgan fingerprint density at radius 1 is 1.42 bits per heavy atom. The van der Waals surface area contributed by atoms with Gasteiger partial charge in [-0.05, 0) is 12.1 Å². The van der Waals surface area contributed by atoms with Crippen molar-refractivity contribution in [1.82, 2.24) is 9.97 Å². The van der Waals surface area contributed by atoms with Gasteiger partial charge in [0.15, 0.2) is 11.6 Å². The summed E-state index contributed by atoms with van der Waals surface area (Å²) in [5.74, 6) is -2.65. The van der Waals surface area contributed by atoms with Gasteiger partial charge in [-0.2, -0.15) is 13.2 Å². The topological polar surface area (TPSA) is 68.0 Å². The van der Waals surface area contributed by atoms with E-state index in [0.29, 0.717) is 0 Å². The zero-order valence-electron chi connectivity index (χ0n) is 9.65. The lowest BCUT2D eigenvalue weighted by Gasteiger charge is -2.05. The normalized spacial score (nSPS) is 11.4. The predicted octanol–water partition coefficient (Wildman–Crippen LogP) is 2.65. The molecule has 5 nitrogen and oxygen atoms in total. The van der Waals surface area contributed by atoms with Crippen LogP contribution in [-0.2, 0) is 6.18 Å². The van der Waals surface area contributed by atoms with E-state index in [4.69, 9.17) is 0 Å². The van der Waals surface area contributed by atoms with Gasteiger partial charge in [0.25, 0.3) is 5.91 Å². The van der Waals surface area contributed by atoms with Crippen LogP contribution in [0, 0.1) is 6.92 Å². The Hall–Kier alpha value is -2.38. The highest BCUT2D eigenvalue weighted by atomic mass is 19.4. The Morgan fingerprint density at radius 2 is 2.16 bits per heavy atom. The number of amides is 1. The van der Waals surface area contributed by atoms with Gasteiger partial charge in [-0.15, -0.1) is 0 Å². The van der Waals surface area contributed by atoms with Gasteiger partial charge in [0, 0.05) is 13.1 Å². The minimum absolute atomic E-state index is 0.233. The predicted molar refractivity (Wildman–Crippen MR) is 58.4 cm³/mol. The first-order valence-corrected chi connectivity index (χ1v) is 5.14. The van der Waals surface area contributed by atoms with Gasteiger partial charge in [0.05, 0.1) is 11.9 Å². The van der Waals surface area contributed by atoms with Crippen molar-refractivity contribution in [2.75, 3.05) is 5.32 Å². The summed E-state index contributed by atoms with van der Waals surface area (Å²) in [6.45, 7) is 1.23. The lowest BCUT2D eigenvalue weighted by molar-refractivity contribution is -0.153. The molecule has 0 spiro atoms. The highest BCUT2D eigenvalue weighted by Crippen LogP contribution is 2.32. The summed E-state index contributed by atoms with van der Waals surface area (Å²) in [6, 6.07) is 3.03. The van der Waals surface area contributed by atoms with E-state index >= 15 is 0 Å². The molecule has 0 bridgehead atoms. The van der Waals surface area contributed by atoms with Crippen molar-refractivity contribution in [3.05, 3.63) is 41.9 Å². The summed E-state index contributed by atoms with van der Waals surface area (Å²) in [5, 5.41) is 2.26. The molecule has 2 heterocycles. The number of pyridine rings is 1. The number of rotatable bonds is 2. The maximum absolute atomic E-state index is 12.6. The van der Waals surface area contributed by atoms with Gasteiger partial charge in [0.2, 0.25) is 5.76 Å². The average molecular weight is 271 g/mol. The molecule has 0 radical (unpaired) electrons. The number of alkyl halides is 3. The van der Waals surface area contributed by atoms with E-state index in [1.165, 1.54) is 31.5 Å². The molecular formula is C11H8F3N3O2. The molecule has 100 valence electrons. The van der Waals surface area contributed by atoms with Gasteiger partial charge in [-0.1, -0.05) is 0 Å². The summed E-state index contributed by atoms with van der Waals surface area (Å²) >= 11 is 0. The summed E-state index contributed by atoms with van der Waals surface area (Å²) in [7, 11) is 0. The largest absolute Gasteiger partial charge is 0.452 e. The molecule has 0 aliphatic heterocycles. The maximum atomic E-state index is 12.6. The van der Waals surface area contributed by atoms with Crippen LogP contribution in [0.3, 0.4) is 0 Å². The zero-order valence-corrected chi connectivity index (χ0v) is 9.65. The number of hydrogen-bond donors (Lipinski definition) is 1. The Balaban J connectivity index is 2.30. The van der Waals surface area contributed by atoms with Crippen LogP contribution in [0.1, 0.15) is 22.1 Å². The first-order chi connectivity index (χ1) is 8.88. The summed E-state index contributed by atoms with van der Waals surface area (Å²) in [6.07, 6.45) is -2.00. The molecule has 8 heteroatoms. The number of halogens is 3. The molecule has 0 aromatic carbocycles. The molecule has 0 aliphatic rings. The second kappa shape index (κ2) is 4.71. The number of carbonyl (C=O) groups is 1. The van der Waals surface area contributed by atoms with Crippen LogP contribution in [0.25, 0.3) is 0 Å². The molecule has 0 saturated carbocycles. The van der Waals surface area contributed by atoms with E-state index in [9.17, 15) is 18.0 Å². The van der Waals surface area contributed by atoms with Crippen LogP contribution >= 0.6 is 0 Å². The van der Waals surface area contributed by atoms with E-state index in [0.717, 1.165) is 0 Å². The summed E-state index contributed by atoms with van der Waals surface area (Å²) in [4.78, 5) is 18.9. The van der Waals surface area contributed by atoms with Crippen molar-refractivity contribution in [3.8, 4) is 0 Å². The SMILES string of the molecule is Cc1nc(C(=O)Nc2cccnc2)c(C(F)(F)F)o1. The van der Waals surface area contributed by atoms with Crippen molar-refractivity contribution in [2.45, 2.75) is 13.1 Å². The number of aromatic nitrogens is 2. The third kappa shape index (κ3) is 2.90. The Morgan fingerprint density at radius 3 is 2.74 bits per heavy atom. The van der Waals surface area contributed by atoms with E-state index in [-0.39, 0.29) is 11.6 Å². The highest BCUT2D eigenvalue weighted by molar-refractivity contribution is 6.03. The van der Waals surface area contributed by atoms with Crippen molar-refractivity contribution in [2.24, 2.45) is 0 Å². The minimum Gasteiger partial charge on any atom is -0.436 e. The first-order valence-electron chi connectivity index (χ1n) is 5.14. The molecule has 0 unspecified atom stereocenters. The lowest BCUT2D eigenvalue weighted by atomic mass is 10.3. The number of aryl methyl sites for hydroxylation is 1. The van der Waals surface area contributed by atoms with Crippen molar-refractivity contribution in [3.63, 3.8) is 0 Å². The monoisotopic (exact) mass is 271 g/mol. The fourth-order valence-electron chi connectivity index (χ4n) is 1.40. The average Bonchev–Trinajstić information content (AvgIpc) is 2.72. The lowest BCUT2D eigenvalue weighted by Crippen LogP contribution is -2.18. The summed E-state index contributed by atoms with van der Waals surface area (Å²) < 4.78 is 42.3. The highest BCUT2D eigenvalue weighted by Gasteiger charge is 2.41. The third-order valence-electron chi connectivity index (χ3n) is 2.13. The fraction of sp³-hybridized carbons (Fsp3) is 0.182. The second-order valence-electron chi connectivity index (χ2n) is 3.60. The molecule has 19 heavy (non-hydrogen) atoms. The maximum Gasteiger partial charge on any atom is 0.452 e. The van der Waals surface area contributed by atoms with Crippen LogP contribution in [0.15, 0.2) is 28.9 Å². The van der Waals surface area contributed by atoms with Crippen LogP contribution in [-0.4, -0.2) is 15.9 Å². The van der Waals surface area contributed by atoms with Crippen molar-refractivity contribution in [1.29, 1.82) is 0 Å². The van der Waals surface area contributed by atoms with Crippen LogP contribution in [0.2, 0.25) is 0 Å². The molecule has 2 rings (SSSR count). The fourth-order valence-corrected chi connectivity index (χ4v) is 1.40. The molecule has 2 aromatic heterocycles. The van der Waals surface area contributed by atoms with Crippen LogP contribution in [0.4, 0.5) is 18.9 Å². The van der Waals surface area contributed by atoms with Gasteiger partial charge >= 0.3 is 6.18 Å². The van der Waals surface area contributed by atoms with Crippen LogP contribution < -0.4 is 5.32 Å². The van der Waals surface area contributed by atoms with E-state index in [1.54, 1.807) is 0 Å². The molecule has 0 fully saturated rings. The van der Waals surface area contributed by atoms with Gasteiger partial charge in [-0.3, -0.25) is 9.78 Å². The van der Waals surface area contributed by atoms with Gasteiger partial charge in [0.1, 0.15) is 0 Å². The zero-order chi connectivity index (χ0) is 14.0. The Kier molecular flexibility index (Phi) is 3.24. The molecule has 0 atom stereocenters. The Labute approximate surface area is 105 Å². The first kappa shape index (κ1) is 13.1. The Bertz CT molecular complexity index is 593. The van der Waals surface area contributed by atoms with Gasteiger partial charge in [-0.25, -0.2) is 4.98 Å². The summed E-state index contributed by atoms with van der Waals surface area (Å²) in [5.41, 5.74) is -0.532. The third-order valence-corrected chi connectivity index (χ3v) is 2.13. The van der Waals surface area contributed by atoms with E-state index < -0.39 is 23.5 Å². The molecule has 0 saturated heterocycles. The van der Waals surface area contributed by atoms with Gasteiger partial charge < -0.3 is 9.73 Å². The molecule has 0 aliphatic carbocycles. The van der Waals surface area contributed by atoms with Crippen molar-refractivity contribution < 1.29 is 22.4 Å². The van der Waals surface area contributed by atoms with E-state index in [1.807, 2.05) is 0 Å². The number of carbonyl (C=O) groups excluding carboxylic acids is 1. The smallest absolute Gasteiger partial charge is 0.436 e. The minimum atomic E-state index is -4.77. The molecule has 1 N–H and O–H groups in total. The number of hydrogen-bond acceptors (Lipinski definition) is 4. The van der Waals surface area contributed by atoms with Crippen molar-refractivity contribution >= 4 is 11.6 Å². The molecule has 1 amide bonds. The number of anilines is 1. The standard InChI is InChI=1S/C11H8F3N3O2/c1-6-16-8(9(19-6)11(12,13)14)10(18)17-7-3-2-4-15-5-7/h2-5H,1H3,(H,17,18). The number of nitrogens with zero attached hydrogens (tertiary/aromatic N) is 2. The second-order valence-corrected chi connectivity index (χ2v) is 3.60.